The summed E-state index contributed by atoms with van der Waals surface area (Å²) < 4.78 is 21.7. The van der Waals surface area contributed by atoms with E-state index in [0.717, 1.165) is 29.8 Å². The molecule has 0 aliphatic carbocycles. The van der Waals surface area contributed by atoms with E-state index in [1.807, 2.05) is 29.8 Å². The van der Waals surface area contributed by atoms with Crippen molar-refractivity contribution in [3.8, 4) is 11.4 Å². The third-order valence-electron chi connectivity index (χ3n) is 7.58. The highest BCUT2D eigenvalue weighted by Gasteiger charge is 2.53. The van der Waals surface area contributed by atoms with Crippen LogP contribution in [0.2, 0.25) is 5.02 Å². The van der Waals surface area contributed by atoms with Crippen LogP contribution in [-0.2, 0) is 4.79 Å². The van der Waals surface area contributed by atoms with Crippen molar-refractivity contribution < 1.29 is 19.0 Å². The number of carbonyl (C=O) groups is 1. The number of halogens is 2. The van der Waals surface area contributed by atoms with Crippen LogP contribution < -0.4 is 10.1 Å². The molecule has 0 saturated carbocycles. The average molecular weight is 513 g/mol. The van der Waals surface area contributed by atoms with Gasteiger partial charge in [-0.3, -0.25) is 4.79 Å². The van der Waals surface area contributed by atoms with E-state index in [1.54, 1.807) is 24.4 Å². The number of aryl methyl sites for hydroxylation is 1. The van der Waals surface area contributed by atoms with Crippen molar-refractivity contribution >= 4 is 17.5 Å². The van der Waals surface area contributed by atoms with Crippen molar-refractivity contribution in [1.82, 2.24) is 19.8 Å². The van der Waals surface area contributed by atoms with Crippen LogP contribution >= 0.6 is 11.6 Å². The molecule has 2 fully saturated rings. The van der Waals surface area contributed by atoms with Crippen molar-refractivity contribution in [2.75, 3.05) is 33.4 Å². The molecule has 2 unspecified atom stereocenters. The van der Waals surface area contributed by atoms with Gasteiger partial charge in [-0.05, 0) is 61.2 Å². The minimum atomic E-state index is -0.666. The maximum absolute atomic E-state index is 14.1. The molecular formula is C27H30ClFN4O3. The van der Waals surface area contributed by atoms with Gasteiger partial charge < -0.3 is 24.6 Å². The molecular weight excluding hydrogens is 483 g/mol. The Kier molecular flexibility index (Phi) is 6.76. The molecule has 3 atom stereocenters. The number of rotatable bonds is 6. The molecule has 36 heavy (non-hydrogen) atoms. The van der Waals surface area contributed by atoms with Crippen LogP contribution in [0.4, 0.5) is 4.39 Å². The summed E-state index contributed by atoms with van der Waals surface area (Å²) in [7, 11) is 1.64. The Morgan fingerprint density at radius 3 is 2.86 bits per heavy atom. The van der Waals surface area contributed by atoms with Crippen LogP contribution in [0.3, 0.4) is 0 Å². The number of aliphatic hydroxyl groups is 1. The van der Waals surface area contributed by atoms with E-state index in [4.69, 9.17) is 16.3 Å². The van der Waals surface area contributed by atoms with Gasteiger partial charge in [0.1, 0.15) is 11.6 Å². The number of amides is 1. The standard InChI is InChI=1S/C27H30ClFN4O3/c1-17-13-32(16-31-17)23-5-4-18(10-25(23)36-2)22-12-30-15-27(22)6-3-7-33(26(27)35)24(14-34)19-8-20(28)11-21(29)9-19/h4-5,8-11,13,16,22,24,30,34H,3,6-7,12,14-15H2,1-2H3/t22?,24-,27?/m0/s1. The Balaban J connectivity index is 1.49. The lowest BCUT2D eigenvalue weighted by Gasteiger charge is -2.45. The SMILES string of the molecule is COc1cc(C2CNCC23CCCN([C@@H](CO)c2cc(F)cc(Cl)c2)C3=O)ccc1-n1cnc(C)c1. The van der Waals surface area contributed by atoms with E-state index in [1.165, 1.54) is 12.1 Å². The highest BCUT2D eigenvalue weighted by molar-refractivity contribution is 6.30. The summed E-state index contributed by atoms with van der Waals surface area (Å²) in [5.74, 6) is 0.109. The largest absolute Gasteiger partial charge is 0.495 e. The zero-order chi connectivity index (χ0) is 25.4. The molecule has 2 aliphatic rings. The fourth-order valence-electron chi connectivity index (χ4n) is 5.87. The van der Waals surface area contributed by atoms with E-state index >= 15 is 0 Å². The van der Waals surface area contributed by atoms with Gasteiger partial charge in [0.25, 0.3) is 0 Å². The number of aromatic nitrogens is 2. The third kappa shape index (κ3) is 4.27. The fraction of sp³-hybridized carbons (Fsp3) is 0.407. The molecule has 2 N–H and O–H groups in total. The fourth-order valence-corrected chi connectivity index (χ4v) is 6.10. The van der Waals surface area contributed by atoms with Gasteiger partial charge in [-0.2, -0.15) is 0 Å². The van der Waals surface area contributed by atoms with Crippen LogP contribution in [0, 0.1) is 18.2 Å². The zero-order valence-electron chi connectivity index (χ0n) is 20.4. The smallest absolute Gasteiger partial charge is 0.231 e. The van der Waals surface area contributed by atoms with E-state index in [0.29, 0.717) is 30.9 Å². The zero-order valence-corrected chi connectivity index (χ0v) is 21.1. The van der Waals surface area contributed by atoms with Gasteiger partial charge in [-0.15, -0.1) is 0 Å². The predicted octanol–water partition coefficient (Wildman–Crippen LogP) is 4.01. The number of likely N-dealkylation sites (tertiary alicyclic amines) is 1. The van der Waals surface area contributed by atoms with Crippen molar-refractivity contribution in [1.29, 1.82) is 0 Å². The first kappa shape index (κ1) is 24.7. The Morgan fingerprint density at radius 1 is 1.33 bits per heavy atom. The maximum atomic E-state index is 14.1. The van der Waals surface area contributed by atoms with Gasteiger partial charge in [0.05, 0.1) is 42.9 Å². The average Bonchev–Trinajstić information content (AvgIpc) is 3.48. The number of hydrogen-bond acceptors (Lipinski definition) is 5. The maximum Gasteiger partial charge on any atom is 0.231 e. The number of carbonyl (C=O) groups excluding carboxylic acids is 1. The van der Waals surface area contributed by atoms with Crippen molar-refractivity contribution in [2.24, 2.45) is 5.41 Å². The summed E-state index contributed by atoms with van der Waals surface area (Å²) in [5, 5.41) is 13.9. The number of aliphatic hydroxyl groups excluding tert-OH is 1. The van der Waals surface area contributed by atoms with Crippen LogP contribution in [0.15, 0.2) is 48.9 Å². The number of benzene rings is 2. The number of imidazole rings is 1. The van der Waals surface area contributed by atoms with Gasteiger partial charge in [0.2, 0.25) is 5.91 Å². The first-order valence-corrected chi connectivity index (χ1v) is 12.5. The lowest BCUT2D eigenvalue weighted by atomic mass is 9.68. The van der Waals surface area contributed by atoms with Crippen molar-refractivity contribution in [3.05, 3.63) is 76.6 Å². The summed E-state index contributed by atoms with van der Waals surface area (Å²) in [4.78, 5) is 20.1. The molecule has 9 heteroatoms. The molecule has 3 aromatic rings. The molecule has 2 saturated heterocycles. The summed E-state index contributed by atoms with van der Waals surface area (Å²) in [6.07, 6.45) is 5.20. The molecule has 0 radical (unpaired) electrons. The minimum absolute atomic E-state index is 0.0311. The topological polar surface area (TPSA) is 79.6 Å². The number of methoxy groups -OCH3 is 1. The molecule has 3 heterocycles. The van der Waals surface area contributed by atoms with Crippen LogP contribution in [0.1, 0.15) is 41.6 Å². The van der Waals surface area contributed by atoms with Crippen molar-refractivity contribution in [3.63, 3.8) is 0 Å². The second kappa shape index (κ2) is 9.84. The molecule has 7 nitrogen and oxygen atoms in total. The van der Waals surface area contributed by atoms with Crippen LogP contribution in [0.5, 0.6) is 5.75 Å². The number of piperidine rings is 1. The van der Waals surface area contributed by atoms with E-state index in [9.17, 15) is 14.3 Å². The molecule has 1 spiro atoms. The molecule has 0 bridgehead atoms. The van der Waals surface area contributed by atoms with Gasteiger partial charge >= 0.3 is 0 Å². The molecule has 5 rings (SSSR count). The second-order valence-electron chi connectivity index (χ2n) is 9.70. The van der Waals surface area contributed by atoms with E-state index in [2.05, 4.69) is 16.4 Å². The second-order valence-corrected chi connectivity index (χ2v) is 10.1. The Bertz CT molecular complexity index is 1260. The molecule has 2 aliphatic heterocycles. The lowest BCUT2D eigenvalue weighted by Crippen LogP contribution is -2.53. The third-order valence-corrected chi connectivity index (χ3v) is 7.80. The lowest BCUT2D eigenvalue weighted by molar-refractivity contribution is -0.150. The minimum Gasteiger partial charge on any atom is -0.495 e. The van der Waals surface area contributed by atoms with Crippen molar-refractivity contribution in [2.45, 2.75) is 31.7 Å². The monoisotopic (exact) mass is 512 g/mol. The number of ether oxygens (including phenoxy) is 1. The predicted molar refractivity (Wildman–Crippen MR) is 135 cm³/mol. The molecule has 190 valence electrons. The summed E-state index contributed by atoms with van der Waals surface area (Å²) >= 11 is 6.08. The first-order chi connectivity index (χ1) is 17.4. The summed E-state index contributed by atoms with van der Waals surface area (Å²) in [5.41, 5.74) is 2.63. The highest BCUT2D eigenvalue weighted by atomic mass is 35.5. The van der Waals surface area contributed by atoms with Crippen LogP contribution in [0.25, 0.3) is 5.69 Å². The Hall–Kier alpha value is -2.94. The van der Waals surface area contributed by atoms with E-state index < -0.39 is 17.3 Å². The Labute approximate surface area is 214 Å². The Morgan fingerprint density at radius 2 is 2.17 bits per heavy atom. The van der Waals surface area contributed by atoms with Gasteiger partial charge in [0.15, 0.2) is 0 Å². The highest BCUT2D eigenvalue weighted by Crippen LogP contribution is 2.49. The quantitative estimate of drug-likeness (QED) is 0.521. The van der Waals surface area contributed by atoms with Crippen LogP contribution in [-0.4, -0.2) is 58.8 Å². The number of hydrogen-bond donors (Lipinski definition) is 2. The normalized spacial score (nSPS) is 22.9. The van der Waals surface area contributed by atoms with Gasteiger partial charge in [0, 0.05) is 36.8 Å². The molecule has 1 aromatic heterocycles. The summed E-state index contributed by atoms with van der Waals surface area (Å²) in [6, 6.07) is 9.57. The first-order valence-electron chi connectivity index (χ1n) is 12.1. The number of nitrogens with one attached hydrogen (secondary N) is 1. The van der Waals surface area contributed by atoms with Gasteiger partial charge in [-0.1, -0.05) is 17.7 Å². The summed E-state index contributed by atoms with van der Waals surface area (Å²) in [6.45, 7) is 3.31. The number of nitrogens with zero attached hydrogens (tertiary/aromatic N) is 3. The molecule has 1 amide bonds. The van der Waals surface area contributed by atoms with E-state index in [-0.39, 0.29) is 23.5 Å². The van der Waals surface area contributed by atoms with Gasteiger partial charge in [-0.25, -0.2) is 9.37 Å². The molecule has 2 aromatic carbocycles.